The molecular formula is C25H35NO7S. The van der Waals surface area contributed by atoms with Crippen LogP contribution in [0.5, 0.6) is 0 Å². The summed E-state index contributed by atoms with van der Waals surface area (Å²) in [5.74, 6) is -2.06. The Morgan fingerprint density at radius 2 is 1.47 bits per heavy atom. The van der Waals surface area contributed by atoms with Crippen LogP contribution < -0.4 is 0 Å². The number of benzene rings is 1. The van der Waals surface area contributed by atoms with Gasteiger partial charge in [-0.25, -0.2) is 18.0 Å². The van der Waals surface area contributed by atoms with E-state index in [1.54, 1.807) is 58.6 Å². The summed E-state index contributed by atoms with van der Waals surface area (Å²) in [6.07, 6.45) is 0.323. The van der Waals surface area contributed by atoms with Crippen LogP contribution in [-0.4, -0.2) is 57.1 Å². The lowest BCUT2D eigenvalue weighted by atomic mass is 9.80. The average molecular weight is 494 g/mol. The molecule has 1 aromatic carbocycles. The lowest BCUT2D eigenvalue weighted by Crippen LogP contribution is -2.37. The summed E-state index contributed by atoms with van der Waals surface area (Å²) in [5, 5.41) is 0. The van der Waals surface area contributed by atoms with Gasteiger partial charge in [0.15, 0.2) is 9.84 Å². The minimum absolute atomic E-state index is 0.0882. The molecule has 0 atom stereocenters. The fraction of sp³-hybridized carbons (Fsp3) is 0.520. The first-order valence-corrected chi connectivity index (χ1v) is 13.2. The zero-order valence-corrected chi connectivity index (χ0v) is 22.0. The number of ether oxygens (including phenoxy) is 3. The van der Waals surface area contributed by atoms with Gasteiger partial charge in [0.05, 0.1) is 34.2 Å². The van der Waals surface area contributed by atoms with Crippen molar-refractivity contribution in [1.82, 2.24) is 4.90 Å². The number of rotatable bonds is 9. The Labute approximate surface area is 202 Å². The van der Waals surface area contributed by atoms with E-state index in [4.69, 9.17) is 14.2 Å². The van der Waals surface area contributed by atoms with Crippen molar-refractivity contribution in [2.45, 2.75) is 71.5 Å². The van der Waals surface area contributed by atoms with Gasteiger partial charge < -0.3 is 19.1 Å². The highest BCUT2D eigenvalue weighted by molar-refractivity contribution is 7.90. The molecule has 0 fully saturated rings. The molecule has 2 rings (SSSR count). The van der Waals surface area contributed by atoms with Crippen molar-refractivity contribution in [1.29, 1.82) is 0 Å². The Morgan fingerprint density at radius 1 is 0.971 bits per heavy atom. The molecule has 0 unspecified atom stereocenters. The van der Waals surface area contributed by atoms with Gasteiger partial charge in [0.2, 0.25) is 0 Å². The quantitative estimate of drug-likeness (QED) is 0.477. The van der Waals surface area contributed by atoms with Gasteiger partial charge in [-0.15, -0.1) is 0 Å². The molecule has 0 spiro atoms. The molecule has 1 aliphatic heterocycles. The van der Waals surface area contributed by atoms with Crippen LogP contribution in [0.2, 0.25) is 0 Å². The van der Waals surface area contributed by atoms with Crippen LogP contribution in [0.15, 0.2) is 51.7 Å². The Kier molecular flexibility index (Phi) is 9.08. The Morgan fingerprint density at radius 3 is 1.88 bits per heavy atom. The molecule has 0 saturated carbocycles. The molecule has 188 valence electrons. The third-order valence-corrected chi connectivity index (χ3v) is 6.45. The highest BCUT2D eigenvalue weighted by Gasteiger charge is 2.41. The first kappa shape index (κ1) is 27.6. The molecule has 1 heterocycles. The van der Waals surface area contributed by atoms with E-state index in [9.17, 15) is 18.0 Å². The van der Waals surface area contributed by atoms with Crippen LogP contribution >= 0.6 is 0 Å². The number of allylic oxidation sites excluding steroid dienone is 2. The number of hydrogen-bond donors (Lipinski definition) is 0. The zero-order chi connectivity index (χ0) is 25.8. The fourth-order valence-electron chi connectivity index (χ4n) is 3.83. The van der Waals surface area contributed by atoms with Crippen molar-refractivity contribution in [3.8, 4) is 0 Å². The number of sulfone groups is 1. The predicted octanol–water partition coefficient (Wildman–Crippen LogP) is 3.93. The predicted molar refractivity (Wildman–Crippen MR) is 128 cm³/mol. The normalized spacial score (nSPS) is 15.4. The lowest BCUT2D eigenvalue weighted by Gasteiger charge is -2.38. The van der Waals surface area contributed by atoms with E-state index in [1.165, 1.54) is 12.1 Å². The van der Waals surface area contributed by atoms with E-state index in [-0.39, 0.29) is 22.8 Å². The van der Waals surface area contributed by atoms with Gasteiger partial charge in [-0.2, -0.15) is 0 Å². The van der Waals surface area contributed by atoms with Crippen molar-refractivity contribution in [2.75, 3.05) is 19.6 Å². The van der Waals surface area contributed by atoms with Gasteiger partial charge in [-0.3, -0.25) is 0 Å². The van der Waals surface area contributed by atoms with E-state index in [2.05, 4.69) is 0 Å². The van der Waals surface area contributed by atoms with Crippen LogP contribution in [0.4, 0.5) is 0 Å². The Hall–Kier alpha value is -2.65. The van der Waals surface area contributed by atoms with Gasteiger partial charge >= 0.3 is 11.9 Å². The summed E-state index contributed by atoms with van der Waals surface area (Å²) in [6.45, 7) is 12.9. The zero-order valence-electron chi connectivity index (χ0n) is 21.2. The summed E-state index contributed by atoms with van der Waals surface area (Å²) in [7, 11) is -3.52. The molecular weight excluding hydrogens is 458 g/mol. The van der Waals surface area contributed by atoms with Gasteiger partial charge in [-0.1, -0.05) is 12.1 Å². The molecule has 0 aromatic heterocycles. The van der Waals surface area contributed by atoms with E-state index in [0.29, 0.717) is 23.6 Å². The Balaban J connectivity index is 2.85. The summed E-state index contributed by atoms with van der Waals surface area (Å²) in [5.41, 5.74) is 2.07. The third-order valence-electron chi connectivity index (χ3n) is 5.34. The van der Waals surface area contributed by atoms with E-state index >= 15 is 0 Å². The number of carbonyl (C=O) groups is 2. The van der Waals surface area contributed by atoms with Crippen LogP contribution in [0.1, 0.15) is 59.9 Å². The first-order chi connectivity index (χ1) is 15.8. The maximum absolute atomic E-state index is 13.4. The second-order valence-corrected chi connectivity index (χ2v) is 10.7. The third kappa shape index (κ3) is 6.27. The van der Waals surface area contributed by atoms with Crippen molar-refractivity contribution >= 4 is 21.8 Å². The summed E-state index contributed by atoms with van der Waals surface area (Å²) in [4.78, 5) is 28.6. The van der Waals surface area contributed by atoms with Crippen LogP contribution in [0, 0.1) is 0 Å². The van der Waals surface area contributed by atoms with Crippen molar-refractivity contribution < 1.29 is 32.2 Å². The highest BCUT2D eigenvalue weighted by Crippen LogP contribution is 2.43. The molecule has 0 N–H and O–H groups in total. The number of esters is 2. The van der Waals surface area contributed by atoms with Crippen molar-refractivity contribution in [3.63, 3.8) is 0 Å². The molecule has 0 saturated heterocycles. The van der Waals surface area contributed by atoms with Crippen molar-refractivity contribution in [2.24, 2.45) is 0 Å². The maximum atomic E-state index is 13.4. The van der Waals surface area contributed by atoms with Crippen molar-refractivity contribution in [3.05, 3.63) is 52.4 Å². The first-order valence-electron chi connectivity index (χ1n) is 11.3. The molecule has 8 nitrogen and oxygen atoms in total. The molecule has 0 aliphatic carbocycles. The van der Waals surface area contributed by atoms with Gasteiger partial charge in [0.25, 0.3) is 0 Å². The minimum atomic E-state index is -3.52. The van der Waals surface area contributed by atoms with E-state index < -0.39 is 39.9 Å². The fourth-order valence-corrected chi connectivity index (χ4v) is 4.50. The lowest BCUT2D eigenvalue weighted by molar-refractivity contribution is -0.144. The second-order valence-electron chi connectivity index (χ2n) is 8.73. The maximum Gasteiger partial charge on any atom is 0.337 e. The largest absolute Gasteiger partial charge is 0.460 e. The Bertz CT molecular complexity index is 1050. The molecule has 0 amide bonds. The highest BCUT2D eigenvalue weighted by atomic mass is 32.2. The number of nitrogens with zero attached hydrogens (tertiary/aromatic N) is 1. The summed E-state index contributed by atoms with van der Waals surface area (Å²) < 4.78 is 41.2. The van der Waals surface area contributed by atoms with Crippen LogP contribution in [0.25, 0.3) is 0 Å². The van der Waals surface area contributed by atoms with E-state index in [0.717, 1.165) is 6.26 Å². The SMILES string of the molecule is CCOCN1C(C)=C(C(=O)OC(C)C)C(c2cccc(S(C)(=O)=O)c2)C(C(=O)OC(C)C)=C1C. The standard InChI is InChI=1S/C25H35NO7S/c1-9-31-14-26-17(6)21(24(27)32-15(2)3)23(22(18(26)7)25(28)33-16(4)5)19-11-10-12-20(13-19)34(8,29)30/h10-13,15-16,23H,9,14H2,1-8H3. The minimum Gasteiger partial charge on any atom is -0.460 e. The smallest absolute Gasteiger partial charge is 0.337 e. The molecule has 34 heavy (non-hydrogen) atoms. The summed E-state index contributed by atoms with van der Waals surface area (Å²) >= 11 is 0. The number of hydrogen-bond acceptors (Lipinski definition) is 8. The van der Waals surface area contributed by atoms with Crippen LogP contribution in [-0.2, 0) is 33.6 Å². The molecule has 1 aromatic rings. The van der Waals surface area contributed by atoms with Gasteiger partial charge in [0.1, 0.15) is 6.73 Å². The molecule has 0 bridgehead atoms. The second kappa shape index (κ2) is 11.2. The average Bonchev–Trinajstić information content (AvgIpc) is 2.71. The van der Waals surface area contributed by atoms with E-state index in [1.807, 2.05) is 6.92 Å². The molecule has 0 radical (unpaired) electrons. The number of carbonyl (C=O) groups excluding carboxylic acids is 2. The van der Waals surface area contributed by atoms with Gasteiger partial charge in [-0.05, 0) is 66.2 Å². The molecule has 1 aliphatic rings. The topological polar surface area (TPSA) is 99.2 Å². The van der Waals surface area contributed by atoms with Gasteiger partial charge in [0, 0.05) is 24.3 Å². The van der Waals surface area contributed by atoms with Crippen LogP contribution in [0.3, 0.4) is 0 Å². The summed E-state index contributed by atoms with van der Waals surface area (Å²) in [6, 6.07) is 6.27. The monoisotopic (exact) mass is 493 g/mol. The molecule has 9 heteroatoms.